The van der Waals surface area contributed by atoms with Crippen LogP contribution in [0, 0.1) is 0 Å². The first-order valence-electron chi connectivity index (χ1n) is 10.1. The quantitative estimate of drug-likeness (QED) is 0.474. The summed E-state index contributed by atoms with van der Waals surface area (Å²) in [5.74, 6) is 0. The predicted octanol–water partition coefficient (Wildman–Crippen LogP) is 4.65. The molecule has 29 heavy (non-hydrogen) atoms. The van der Waals surface area contributed by atoms with Crippen LogP contribution < -0.4 is 5.32 Å². The maximum absolute atomic E-state index is 4.97. The zero-order valence-electron chi connectivity index (χ0n) is 17.2. The van der Waals surface area contributed by atoms with E-state index in [0.717, 1.165) is 53.4 Å². The van der Waals surface area contributed by atoms with Crippen LogP contribution in [0.3, 0.4) is 0 Å². The summed E-state index contributed by atoms with van der Waals surface area (Å²) in [4.78, 5) is 9.32. The van der Waals surface area contributed by atoms with Gasteiger partial charge in [0.05, 0.1) is 11.4 Å². The van der Waals surface area contributed by atoms with Gasteiger partial charge in [0.2, 0.25) is 0 Å². The highest BCUT2D eigenvalue weighted by Crippen LogP contribution is 2.29. The van der Waals surface area contributed by atoms with Crippen LogP contribution in [-0.2, 0) is 18.4 Å². The van der Waals surface area contributed by atoms with Gasteiger partial charge in [0.25, 0.3) is 0 Å². The molecule has 1 aromatic carbocycles. The lowest BCUT2D eigenvalue weighted by atomic mass is 9.92. The minimum Gasteiger partial charge on any atom is -0.311 e. The molecule has 0 aliphatic rings. The number of H-pyrrole nitrogens is 1. The summed E-state index contributed by atoms with van der Waals surface area (Å²) in [7, 11) is 0. The number of hydrogen-bond donors (Lipinski definition) is 2. The molecule has 0 spiro atoms. The summed E-state index contributed by atoms with van der Waals surface area (Å²) in [5, 5.41) is 13.5. The maximum Gasteiger partial charge on any atom is 0.111 e. The number of aromatic nitrogens is 4. The SMILES string of the molecule is CC(C)(C)c1cc(-c2nc(CCNCc3ccccn3)cc3ccccc23)n[nH]1. The molecule has 0 radical (unpaired) electrons. The standard InChI is InChI=1S/C24H27N5/c1-24(2,3)22-15-21(28-29-22)23-20-10-5-4-8-17(20)14-18(27-23)11-13-25-16-19-9-6-7-12-26-19/h4-10,12,14-15,25H,11,13,16H2,1-3H3,(H,28,29). The molecule has 148 valence electrons. The first-order chi connectivity index (χ1) is 14.0. The molecule has 0 saturated heterocycles. The van der Waals surface area contributed by atoms with Crippen LogP contribution in [0.4, 0.5) is 0 Å². The number of aromatic amines is 1. The van der Waals surface area contributed by atoms with Gasteiger partial charge in [-0.05, 0) is 29.7 Å². The van der Waals surface area contributed by atoms with E-state index in [1.165, 1.54) is 5.39 Å². The fourth-order valence-electron chi connectivity index (χ4n) is 3.34. The Labute approximate surface area is 171 Å². The Morgan fingerprint density at radius 1 is 0.966 bits per heavy atom. The van der Waals surface area contributed by atoms with Crippen LogP contribution in [0.5, 0.6) is 0 Å². The van der Waals surface area contributed by atoms with E-state index in [1.807, 2.05) is 24.4 Å². The maximum atomic E-state index is 4.97. The van der Waals surface area contributed by atoms with E-state index >= 15 is 0 Å². The zero-order valence-corrected chi connectivity index (χ0v) is 17.2. The van der Waals surface area contributed by atoms with Crippen LogP contribution in [-0.4, -0.2) is 26.7 Å². The van der Waals surface area contributed by atoms with Gasteiger partial charge in [-0.3, -0.25) is 15.1 Å². The molecule has 0 aliphatic heterocycles. The number of fused-ring (bicyclic) bond motifs is 1. The third-order valence-corrected chi connectivity index (χ3v) is 5.01. The van der Waals surface area contributed by atoms with Gasteiger partial charge in [0.15, 0.2) is 0 Å². The summed E-state index contributed by atoms with van der Waals surface area (Å²) < 4.78 is 0. The predicted molar refractivity (Wildman–Crippen MR) is 118 cm³/mol. The van der Waals surface area contributed by atoms with Crippen molar-refractivity contribution in [1.29, 1.82) is 0 Å². The Hall–Kier alpha value is -3.05. The smallest absolute Gasteiger partial charge is 0.111 e. The fourth-order valence-corrected chi connectivity index (χ4v) is 3.34. The van der Waals surface area contributed by atoms with Crippen LogP contribution in [0.15, 0.2) is 60.8 Å². The van der Waals surface area contributed by atoms with Crippen LogP contribution in [0.1, 0.15) is 37.9 Å². The average Bonchev–Trinajstić information content (AvgIpc) is 3.22. The number of hydrogen-bond acceptors (Lipinski definition) is 4. The molecule has 0 aliphatic carbocycles. The van der Waals surface area contributed by atoms with E-state index in [4.69, 9.17) is 4.98 Å². The van der Waals surface area contributed by atoms with Crippen molar-refractivity contribution in [2.24, 2.45) is 0 Å². The monoisotopic (exact) mass is 385 g/mol. The molecule has 0 saturated carbocycles. The van der Waals surface area contributed by atoms with Crippen molar-refractivity contribution >= 4 is 10.8 Å². The number of rotatable bonds is 6. The van der Waals surface area contributed by atoms with E-state index in [9.17, 15) is 0 Å². The molecular formula is C24H27N5. The van der Waals surface area contributed by atoms with Crippen molar-refractivity contribution in [3.8, 4) is 11.4 Å². The second kappa shape index (κ2) is 8.13. The molecule has 5 nitrogen and oxygen atoms in total. The van der Waals surface area contributed by atoms with Crippen LogP contribution >= 0.6 is 0 Å². The summed E-state index contributed by atoms with van der Waals surface area (Å²) >= 11 is 0. The normalized spacial score (nSPS) is 11.8. The van der Waals surface area contributed by atoms with Gasteiger partial charge in [-0.25, -0.2) is 0 Å². The highest BCUT2D eigenvalue weighted by Gasteiger charge is 2.19. The van der Waals surface area contributed by atoms with E-state index in [2.05, 4.69) is 77.7 Å². The molecule has 0 amide bonds. The van der Waals surface area contributed by atoms with Crippen LogP contribution in [0.25, 0.3) is 22.2 Å². The van der Waals surface area contributed by atoms with Gasteiger partial charge in [0.1, 0.15) is 5.69 Å². The number of benzene rings is 1. The van der Waals surface area contributed by atoms with Gasteiger partial charge in [-0.15, -0.1) is 0 Å². The summed E-state index contributed by atoms with van der Waals surface area (Å²) in [5.41, 5.74) is 5.08. The number of nitrogens with zero attached hydrogens (tertiary/aromatic N) is 3. The summed E-state index contributed by atoms with van der Waals surface area (Å²) in [6.07, 6.45) is 2.67. The van der Waals surface area contributed by atoms with E-state index in [1.54, 1.807) is 0 Å². The summed E-state index contributed by atoms with van der Waals surface area (Å²) in [6.45, 7) is 8.14. The lowest BCUT2D eigenvalue weighted by molar-refractivity contribution is 0.567. The second-order valence-electron chi connectivity index (χ2n) is 8.35. The van der Waals surface area contributed by atoms with E-state index < -0.39 is 0 Å². The first-order valence-corrected chi connectivity index (χ1v) is 10.1. The van der Waals surface area contributed by atoms with E-state index in [-0.39, 0.29) is 5.41 Å². The molecule has 5 heteroatoms. The molecular weight excluding hydrogens is 358 g/mol. The van der Waals surface area contributed by atoms with Crippen molar-refractivity contribution in [3.63, 3.8) is 0 Å². The molecule has 0 bridgehead atoms. The minimum absolute atomic E-state index is 0.0219. The summed E-state index contributed by atoms with van der Waals surface area (Å²) in [6, 6.07) is 18.7. The van der Waals surface area contributed by atoms with Gasteiger partial charge >= 0.3 is 0 Å². The molecule has 0 unspecified atom stereocenters. The second-order valence-corrected chi connectivity index (χ2v) is 8.35. The van der Waals surface area contributed by atoms with Crippen molar-refractivity contribution in [3.05, 3.63) is 77.9 Å². The molecule has 4 aromatic rings. The Morgan fingerprint density at radius 3 is 2.55 bits per heavy atom. The topological polar surface area (TPSA) is 66.5 Å². The molecule has 3 aromatic heterocycles. The van der Waals surface area contributed by atoms with Gasteiger partial charge < -0.3 is 5.32 Å². The zero-order chi connectivity index (χ0) is 20.3. The van der Waals surface area contributed by atoms with Crippen molar-refractivity contribution in [2.75, 3.05) is 6.54 Å². The first kappa shape index (κ1) is 19.3. The average molecular weight is 386 g/mol. The molecule has 0 atom stereocenters. The third kappa shape index (κ3) is 4.51. The fraction of sp³-hybridized carbons (Fsp3) is 0.292. The van der Waals surface area contributed by atoms with Crippen molar-refractivity contribution < 1.29 is 0 Å². The molecule has 3 heterocycles. The number of nitrogens with one attached hydrogen (secondary N) is 2. The number of pyridine rings is 2. The Morgan fingerprint density at radius 2 is 1.79 bits per heavy atom. The minimum atomic E-state index is 0.0219. The van der Waals surface area contributed by atoms with Crippen molar-refractivity contribution in [2.45, 2.75) is 39.2 Å². The Kier molecular flexibility index (Phi) is 5.41. The van der Waals surface area contributed by atoms with Crippen LogP contribution in [0.2, 0.25) is 0 Å². The van der Waals surface area contributed by atoms with Gasteiger partial charge in [0, 0.05) is 47.9 Å². The highest BCUT2D eigenvalue weighted by molar-refractivity contribution is 5.94. The van der Waals surface area contributed by atoms with E-state index in [0.29, 0.717) is 0 Å². The van der Waals surface area contributed by atoms with Gasteiger partial charge in [-0.2, -0.15) is 5.10 Å². The lowest BCUT2D eigenvalue weighted by Gasteiger charge is -2.14. The lowest BCUT2D eigenvalue weighted by Crippen LogP contribution is -2.17. The van der Waals surface area contributed by atoms with Gasteiger partial charge in [-0.1, -0.05) is 51.1 Å². The highest BCUT2D eigenvalue weighted by atomic mass is 15.1. The third-order valence-electron chi connectivity index (χ3n) is 5.01. The van der Waals surface area contributed by atoms with Crippen molar-refractivity contribution in [1.82, 2.24) is 25.5 Å². The molecule has 4 rings (SSSR count). The molecule has 2 N–H and O–H groups in total. The Bertz CT molecular complexity index is 1090. The largest absolute Gasteiger partial charge is 0.311 e. The molecule has 0 fully saturated rings. The Balaban J connectivity index is 1.57.